The van der Waals surface area contributed by atoms with Crippen LogP contribution in [0.1, 0.15) is 18.9 Å². The Morgan fingerprint density at radius 1 is 1.53 bits per heavy atom. The van der Waals surface area contributed by atoms with E-state index in [2.05, 4.69) is 4.72 Å². The van der Waals surface area contributed by atoms with E-state index in [9.17, 15) is 8.42 Å². The van der Waals surface area contributed by atoms with Gasteiger partial charge in [-0.05, 0) is 25.5 Å². The van der Waals surface area contributed by atoms with Gasteiger partial charge < -0.3 is 5.73 Å². The number of halogens is 2. The summed E-state index contributed by atoms with van der Waals surface area (Å²) in [5.41, 5.74) is 5.48. The van der Waals surface area contributed by atoms with Crippen LogP contribution in [0.15, 0.2) is 23.1 Å². The lowest BCUT2D eigenvalue weighted by atomic mass is 10.2. The SMILES string of the molecule is CC(N)CCNS(=O)(=O)c1cccc(Cl)c1C#N.Cl. The lowest BCUT2D eigenvalue weighted by Gasteiger charge is -2.10. The fraction of sp³-hybridized carbons (Fsp3) is 0.364. The minimum atomic E-state index is -3.73. The number of benzene rings is 1. The molecule has 1 aromatic carbocycles. The normalized spacial score (nSPS) is 12.3. The maximum Gasteiger partial charge on any atom is 0.241 e. The zero-order valence-corrected chi connectivity index (χ0v) is 12.6. The number of nitrogens with two attached hydrogens (primary N) is 1. The molecule has 0 aliphatic heterocycles. The highest BCUT2D eigenvalue weighted by Gasteiger charge is 2.19. The molecule has 0 aromatic heterocycles. The fourth-order valence-corrected chi connectivity index (χ4v) is 2.83. The van der Waals surface area contributed by atoms with Crippen LogP contribution in [-0.4, -0.2) is 21.0 Å². The molecule has 3 N–H and O–H groups in total. The molecule has 5 nitrogen and oxygen atoms in total. The smallest absolute Gasteiger partial charge is 0.241 e. The Labute approximate surface area is 124 Å². The van der Waals surface area contributed by atoms with Crippen LogP contribution >= 0.6 is 24.0 Å². The Hall–Kier alpha value is -0.840. The molecule has 0 bridgehead atoms. The third-order valence-electron chi connectivity index (χ3n) is 2.27. The van der Waals surface area contributed by atoms with Crippen LogP contribution in [-0.2, 0) is 10.0 Å². The molecule has 8 heteroatoms. The minimum Gasteiger partial charge on any atom is -0.328 e. The van der Waals surface area contributed by atoms with Crippen molar-refractivity contribution in [1.82, 2.24) is 4.72 Å². The van der Waals surface area contributed by atoms with Crippen molar-refractivity contribution in [2.24, 2.45) is 5.73 Å². The van der Waals surface area contributed by atoms with Crippen molar-refractivity contribution in [1.29, 1.82) is 5.26 Å². The topological polar surface area (TPSA) is 96.0 Å². The highest BCUT2D eigenvalue weighted by Crippen LogP contribution is 2.22. The Balaban J connectivity index is 0.00000324. The second kappa shape index (κ2) is 7.68. The number of rotatable bonds is 5. The van der Waals surface area contributed by atoms with Crippen molar-refractivity contribution in [2.45, 2.75) is 24.3 Å². The lowest BCUT2D eigenvalue weighted by Crippen LogP contribution is -2.29. The van der Waals surface area contributed by atoms with E-state index in [-0.39, 0.29) is 40.5 Å². The third kappa shape index (κ3) is 4.97. The zero-order chi connectivity index (χ0) is 13.8. The summed E-state index contributed by atoms with van der Waals surface area (Å²) in [6.45, 7) is 2.01. The van der Waals surface area contributed by atoms with Gasteiger partial charge in [0.25, 0.3) is 0 Å². The summed E-state index contributed by atoms with van der Waals surface area (Å²) < 4.78 is 26.4. The first-order valence-electron chi connectivity index (χ1n) is 5.32. The van der Waals surface area contributed by atoms with Gasteiger partial charge in [0.2, 0.25) is 10.0 Å². The number of hydrogen-bond acceptors (Lipinski definition) is 4. The summed E-state index contributed by atoms with van der Waals surface area (Å²) >= 11 is 5.79. The molecule has 0 saturated heterocycles. The molecule has 0 fully saturated rings. The Kier molecular flexibility index (Phi) is 7.34. The summed E-state index contributed by atoms with van der Waals surface area (Å²) in [6, 6.07) is 6.01. The van der Waals surface area contributed by atoms with E-state index in [4.69, 9.17) is 22.6 Å². The predicted octanol–water partition coefficient (Wildman–Crippen LogP) is 1.65. The first kappa shape index (κ1) is 18.2. The summed E-state index contributed by atoms with van der Waals surface area (Å²) in [7, 11) is -3.73. The van der Waals surface area contributed by atoms with Gasteiger partial charge >= 0.3 is 0 Å². The molecule has 1 rings (SSSR count). The third-order valence-corrected chi connectivity index (χ3v) is 4.09. The van der Waals surface area contributed by atoms with Crippen molar-refractivity contribution in [3.8, 4) is 6.07 Å². The lowest BCUT2D eigenvalue weighted by molar-refractivity contribution is 0.571. The number of nitrogens with one attached hydrogen (secondary N) is 1. The molecule has 0 heterocycles. The van der Waals surface area contributed by atoms with E-state index in [1.807, 2.05) is 0 Å². The number of hydrogen-bond donors (Lipinski definition) is 2. The van der Waals surface area contributed by atoms with Crippen molar-refractivity contribution in [3.63, 3.8) is 0 Å². The predicted molar refractivity (Wildman–Crippen MR) is 76.9 cm³/mol. The van der Waals surface area contributed by atoms with Crippen LogP contribution in [0.25, 0.3) is 0 Å². The molecule has 1 unspecified atom stereocenters. The van der Waals surface area contributed by atoms with E-state index >= 15 is 0 Å². The molecule has 1 aromatic rings. The molecule has 19 heavy (non-hydrogen) atoms. The van der Waals surface area contributed by atoms with Gasteiger partial charge in [-0.25, -0.2) is 13.1 Å². The first-order chi connectivity index (χ1) is 8.38. The van der Waals surface area contributed by atoms with E-state index in [0.717, 1.165) is 0 Å². The Morgan fingerprint density at radius 2 is 2.16 bits per heavy atom. The van der Waals surface area contributed by atoms with Crippen molar-refractivity contribution in [3.05, 3.63) is 28.8 Å². The van der Waals surface area contributed by atoms with Gasteiger partial charge in [-0.2, -0.15) is 5.26 Å². The van der Waals surface area contributed by atoms with Gasteiger partial charge in [0.1, 0.15) is 11.0 Å². The van der Waals surface area contributed by atoms with Gasteiger partial charge in [0.15, 0.2) is 0 Å². The standard InChI is InChI=1S/C11H14ClN3O2S.ClH/c1-8(14)5-6-15-18(16,17)11-4-2-3-10(12)9(11)7-13;/h2-4,8,15H,5-6,14H2,1H3;1H. The molecule has 0 aliphatic rings. The molecule has 106 valence electrons. The molecule has 0 saturated carbocycles. The first-order valence-corrected chi connectivity index (χ1v) is 7.18. The molecule has 1 atom stereocenters. The van der Waals surface area contributed by atoms with E-state index in [0.29, 0.717) is 6.42 Å². The summed E-state index contributed by atoms with van der Waals surface area (Å²) in [6.07, 6.45) is 0.516. The van der Waals surface area contributed by atoms with Crippen molar-refractivity contribution >= 4 is 34.0 Å². The van der Waals surface area contributed by atoms with Crippen LogP contribution in [0, 0.1) is 11.3 Å². The molecule has 0 aliphatic carbocycles. The Bertz CT molecular complexity index is 568. The van der Waals surface area contributed by atoms with Gasteiger partial charge in [-0.15, -0.1) is 12.4 Å². The highest BCUT2D eigenvalue weighted by atomic mass is 35.5. The van der Waals surface area contributed by atoms with Gasteiger partial charge in [-0.1, -0.05) is 17.7 Å². The van der Waals surface area contributed by atoms with Crippen molar-refractivity contribution in [2.75, 3.05) is 6.54 Å². The average Bonchev–Trinajstić information content (AvgIpc) is 2.27. The number of nitriles is 1. The number of sulfonamides is 1. The van der Waals surface area contributed by atoms with Crippen LogP contribution < -0.4 is 10.5 Å². The van der Waals surface area contributed by atoms with Crippen LogP contribution in [0.3, 0.4) is 0 Å². The zero-order valence-electron chi connectivity index (χ0n) is 10.3. The fourth-order valence-electron chi connectivity index (χ4n) is 1.34. The second-order valence-electron chi connectivity index (χ2n) is 3.89. The maximum absolute atomic E-state index is 12.0. The summed E-state index contributed by atoms with van der Waals surface area (Å²) in [5, 5.41) is 9.05. The largest absolute Gasteiger partial charge is 0.328 e. The van der Waals surface area contributed by atoms with Gasteiger partial charge in [0, 0.05) is 12.6 Å². The maximum atomic E-state index is 12.0. The molecular weight excluding hydrogens is 309 g/mol. The van der Waals surface area contributed by atoms with Crippen LogP contribution in [0.4, 0.5) is 0 Å². The monoisotopic (exact) mass is 323 g/mol. The number of nitrogens with zero attached hydrogens (tertiary/aromatic N) is 1. The minimum absolute atomic E-state index is 0. The average molecular weight is 324 g/mol. The molecule has 0 amide bonds. The van der Waals surface area contributed by atoms with E-state index in [1.54, 1.807) is 13.0 Å². The van der Waals surface area contributed by atoms with Crippen LogP contribution in [0.2, 0.25) is 5.02 Å². The quantitative estimate of drug-likeness (QED) is 0.861. The highest BCUT2D eigenvalue weighted by molar-refractivity contribution is 7.89. The molecule has 0 spiro atoms. The summed E-state index contributed by atoms with van der Waals surface area (Å²) in [4.78, 5) is -0.109. The summed E-state index contributed by atoms with van der Waals surface area (Å²) in [5.74, 6) is 0. The van der Waals surface area contributed by atoms with Crippen molar-refractivity contribution < 1.29 is 8.42 Å². The Morgan fingerprint density at radius 3 is 2.68 bits per heavy atom. The van der Waals surface area contributed by atoms with E-state index in [1.165, 1.54) is 18.2 Å². The van der Waals surface area contributed by atoms with Gasteiger partial charge in [0.05, 0.1) is 10.6 Å². The molecular formula is C11H15Cl2N3O2S. The van der Waals surface area contributed by atoms with Crippen LogP contribution in [0.5, 0.6) is 0 Å². The van der Waals surface area contributed by atoms with Gasteiger partial charge in [-0.3, -0.25) is 0 Å². The molecule has 0 radical (unpaired) electrons. The second-order valence-corrected chi connectivity index (χ2v) is 6.03. The van der Waals surface area contributed by atoms with E-state index < -0.39 is 10.0 Å².